The number of ether oxygens (including phenoxy) is 2. The van der Waals surface area contributed by atoms with Gasteiger partial charge in [-0.2, -0.15) is 21.6 Å². The number of benzene rings is 1. The Kier molecular flexibility index (Phi) is 4.28. The van der Waals surface area contributed by atoms with E-state index in [0.29, 0.717) is 24.2 Å². The summed E-state index contributed by atoms with van der Waals surface area (Å²) in [5, 5.41) is 0. The molecule has 0 saturated heterocycles. The molecule has 122 valence electrons. The van der Waals surface area contributed by atoms with Gasteiger partial charge < -0.3 is 13.7 Å². The van der Waals surface area contributed by atoms with E-state index in [2.05, 4.69) is 4.18 Å². The second-order valence-corrected chi connectivity index (χ2v) is 5.95. The van der Waals surface area contributed by atoms with E-state index in [4.69, 9.17) is 9.47 Å². The number of hydrogen-bond donors (Lipinski definition) is 0. The summed E-state index contributed by atoms with van der Waals surface area (Å²) in [5.41, 5.74) is -4.81. The van der Waals surface area contributed by atoms with Crippen LogP contribution in [0.1, 0.15) is 17.5 Å². The van der Waals surface area contributed by atoms with Crippen molar-refractivity contribution in [3.05, 3.63) is 29.3 Å². The standard InChI is InChI=1S/C13H13F3O5S/c1-19-9-6-7-10(20-2)12-8(9)4-3-5-11(12)21-22(17,18)13(14,15)16/h5-7H,3-4H2,1-2H3. The van der Waals surface area contributed by atoms with Crippen molar-refractivity contribution in [2.75, 3.05) is 14.2 Å². The predicted molar refractivity (Wildman–Crippen MR) is 71.9 cm³/mol. The van der Waals surface area contributed by atoms with Crippen molar-refractivity contribution in [1.29, 1.82) is 0 Å². The molecular weight excluding hydrogens is 325 g/mol. The first-order valence-electron chi connectivity index (χ1n) is 6.16. The molecule has 5 nitrogen and oxygen atoms in total. The first kappa shape index (κ1) is 16.5. The van der Waals surface area contributed by atoms with Crippen LogP contribution in [0.5, 0.6) is 11.5 Å². The zero-order valence-electron chi connectivity index (χ0n) is 11.7. The number of hydrogen-bond acceptors (Lipinski definition) is 5. The first-order chi connectivity index (χ1) is 10.2. The lowest BCUT2D eigenvalue weighted by atomic mass is 9.94. The van der Waals surface area contributed by atoms with Crippen molar-refractivity contribution >= 4 is 15.9 Å². The third-order valence-electron chi connectivity index (χ3n) is 3.12. The number of allylic oxidation sites excluding steroid dienone is 1. The van der Waals surface area contributed by atoms with Gasteiger partial charge in [-0.3, -0.25) is 0 Å². The minimum Gasteiger partial charge on any atom is -0.496 e. The molecule has 2 rings (SSSR count). The van der Waals surface area contributed by atoms with E-state index in [1.54, 1.807) is 6.07 Å². The van der Waals surface area contributed by atoms with E-state index in [-0.39, 0.29) is 11.3 Å². The summed E-state index contributed by atoms with van der Waals surface area (Å²) in [6.45, 7) is 0. The Balaban J connectivity index is 2.53. The van der Waals surface area contributed by atoms with Crippen LogP contribution < -0.4 is 9.47 Å². The second kappa shape index (κ2) is 5.71. The first-order valence-corrected chi connectivity index (χ1v) is 7.57. The molecular formula is C13H13F3O5S. The highest BCUT2D eigenvalue weighted by molar-refractivity contribution is 7.87. The molecule has 0 spiro atoms. The molecule has 1 aliphatic carbocycles. The minimum atomic E-state index is -5.75. The molecule has 0 saturated carbocycles. The molecule has 0 radical (unpaired) electrons. The summed E-state index contributed by atoms with van der Waals surface area (Å²) in [7, 11) is -3.01. The van der Waals surface area contributed by atoms with Crippen molar-refractivity contribution in [3.8, 4) is 11.5 Å². The van der Waals surface area contributed by atoms with E-state index in [9.17, 15) is 21.6 Å². The molecule has 0 bridgehead atoms. The Hall–Kier alpha value is -1.90. The molecule has 0 N–H and O–H groups in total. The van der Waals surface area contributed by atoms with Gasteiger partial charge in [0.1, 0.15) is 17.3 Å². The van der Waals surface area contributed by atoms with Gasteiger partial charge in [0, 0.05) is 5.56 Å². The average Bonchev–Trinajstić information content (AvgIpc) is 2.44. The van der Waals surface area contributed by atoms with E-state index in [1.165, 1.54) is 26.4 Å². The van der Waals surface area contributed by atoms with Crippen LogP contribution in [0.25, 0.3) is 5.76 Å². The number of alkyl halides is 3. The number of methoxy groups -OCH3 is 2. The Labute approximate surface area is 125 Å². The Morgan fingerprint density at radius 2 is 1.68 bits per heavy atom. The van der Waals surface area contributed by atoms with Crippen molar-refractivity contribution in [2.24, 2.45) is 0 Å². The van der Waals surface area contributed by atoms with Gasteiger partial charge in [0.05, 0.1) is 19.8 Å². The van der Waals surface area contributed by atoms with Gasteiger partial charge in [-0.1, -0.05) is 0 Å². The summed E-state index contributed by atoms with van der Waals surface area (Å²) < 4.78 is 74.5. The van der Waals surface area contributed by atoms with Crippen molar-refractivity contribution in [3.63, 3.8) is 0 Å². The zero-order chi connectivity index (χ0) is 16.5. The van der Waals surface area contributed by atoms with Crippen LogP contribution in [0.15, 0.2) is 18.2 Å². The maximum Gasteiger partial charge on any atom is 0.534 e. The van der Waals surface area contributed by atoms with Crippen LogP contribution >= 0.6 is 0 Å². The van der Waals surface area contributed by atoms with Crippen LogP contribution in [-0.4, -0.2) is 28.1 Å². The highest BCUT2D eigenvalue weighted by atomic mass is 32.2. The van der Waals surface area contributed by atoms with Crippen molar-refractivity contribution in [1.82, 2.24) is 0 Å². The highest BCUT2D eigenvalue weighted by Gasteiger charge is 2.49. The Bertz CT molecular complexity index is 707. The highest BCUT2D eigenvalue weighted by Crippen LogP contribution is 2.41. The molecule has 0 unspecified atom stereocenters. The maximum absolute atomic E-state index is 12.5. The molecule has 0 amide bonds. The molecule has 0 atom stereocenters. The zero-order valence-corrected chi connectivity index (χ0v) is 12.5. The van der Waals surface area contributed by atoms with Crippen LogP contribution in [0.4, 0.5) is 13.2 Å². The van der Waals surface area contributed by atoms with Crippen molar-refractivity contribution in [2.45, 2.75) is 18.3 Å². The van der Waals surface area contributed by atoms with E-state index < -0.39 is 21.4 Å². The van der Waals surface area contributed by atoms with Crippen LogP contribution in [-0.2, 0) is 20.7 Å². The van der Waals surface area contributed by atoms with E-state index in [0.717, 1.165) is 0 Å². The molecule has 1 aliphatic rings. The van der Waals surface area contributed by atoms with Crippen LogP contribution in [0.2, 0.25) is 0 Å². The van der Waals surface area contributed by atoms with Crippen LogP contribution in [0.3, 0.4) is 0 Å². The second-order valence-electron chi connectivity index (χ2n) is 4.41. The SMILES string of the molecule is COc1ccc(OC)c2c1CCC=C2OS(=O)(=O)C(F)(F)F. The summed E-state index contributed by atoms with van der Waals surface area (Å²) in [6.07, 6.45) is 2.07. The lowest BCUT2D eigenvalue weighted by Crippen LogP contribution is -2.25. The van der Waals surface area contributed by atoms with E-state index in [1.807, 2.05) is 0 Å². The Morgan fingerprint density at radius 3 is 2.23 bits per heavy atom. The largest absolute Gasteiger partial charge is 0.534 e. The monoisotopic (exact) mass is 338 g/mol. The third-order valence-corrected chi connectivity index (χ3v) is 4.09. The van der Waals surface area contributed by atoms with Gasteiger partial charge in [0.15, 0.2) is 0 Å². The van der Waals surface area contributed by atoms with Gasteiger partial charge in [-0.25, -0.2) is 0 Å². The molecule has 0 aliphatic heterocycles. The minimum absolute atomic E-state index is 0.154. The molecule has 1 aromatic carbocycles. The molecule has 9 heteroatoms. The number of rotatable bonds is 4. The lowest BCUT2D eigenvalue weighted by Gasteiger charge is -2.22. The average molecular weight is 338 g/mol. The number of halogens is 3. The summed E-state index contributed by atoms with van der Waals surface area (Å²) in [6, 6.07) is 3.07. The summed E-state index contributed by atoms with van der Waals surface area (Å²) >= 11 is 0. The molecule has 0 heterocycles. The van der Waals surface area contributed by atoms with Gasteiger partial charge in [0.2, 0.25) is 0 Å². The molecule has 22 heavy (non-hydrogen) atoms. The predicted octanol–water partition coefficient (Wildman–Crippen LogP) is 2.86. The fraction of sp³-hybridized carbons (Fsp3) is 0.385. The lowest BCUT2D eigenvalue weighted by molar-refractivity contribution is -0.0509. The number of fused-ring (bicyclic) bond motifs is 1. The summed E-state index contributed by atoms with van der Waals surface area (Å²) in [4.78, 5) is 0. The van der Waals surface area contributed by atoms with Crippen LogP contribution in [0, 0.1) is 0 Å². The van der Waals surface area contributed by atoms with Gasteiger partial charge in [-0.15, -0.1) is 0 Å². The summed E-state index contributed by atoms with van der Waals surface area (Å²) in [5.74, 6) is 0.225. The van der Waals surface area contributed by atoms with Gasteiger partial charge >= 0.3 is 15.6 Å². The smallest absolute Gasteiger partial charge is 0.496 e. The fourth-order valence-corrected chi connectivity index (χ4v) is 2.66. The fourth-order valence-electron chi connectivity index (χ4n) is 2.18. The molecule has 0 aromatic heterocycles. The van der Waals surface area contributed by atoms with E-state index >= 15 is 0 Å². The van der Waals surface area contributed by atoms with Gasteiger partial charge in [0.25, 0.3) is 0 Å². The Morgan fingerprint density at radius 1 is 1.09 bits per heavy atom. The topological polar surface area (TPSA) is 61.8 Å². The maximum atomic E-state index is 12.5. The van der Waals surface area contributed by atoms with Crippen molar-refractivity contribution < 1.29 is 35.2 Å². The third kappa shape index (κ3) is 2.85. The molecule has 1 aromatic rings. The molecule has 0 fully saturated rings. The quantitative estimate of drug-likeness (QED) is 0.624. The van der Waals surface area contributed by atoms with Gasteiger partial charge in [-0.05, 0) is 31.1 Å². The normalized spacial score (nSPS) is 14.9.